The third-order valence-corrected chi connectivity index (χ3v) is 3.83. The van der Waals surface area contributed by atoms with Crippen LogP contribution >= 0.6 is 30.3 Å². The molecular weight excluding hydrogens is 338 g/mol. The van der Waals surface area contributed by atoms with Crippen molar-refractivity contribution >= 4 is 43.7 Å². The number of nitrogens with zero attached hydrogens (tertiary/aromatic N) is 1. The van der Waals surface area contributed by atoms with Crippen molar-refractivity contribution in [2.24, 2.45) is 10.1 Å². The first kappa shape index (κ1) is 14.3. The summed E-state index contributed by atoms with van der Waals surface area (Å²) in [7, 11) is 0.894. The molecule has 0 spiro atoms. The van der Waals surface area contributed by atoms with Gasteiger partial charge in [0.15, 0.2) is 0 Å². The Balaban J connectivity index is 2.82. The first-order valence-electron chi connectivity index (χ1n) is 4.92. The van der Waals surface area contributed by atoms with E-state index < -0.39 is 7.12 Å². The molecule has 4 nitrogen and oxygen atoms in total. The van der Waals surface area contributed by atoms with Crippen molar-refractivity contribution in [1.82, 2.24) is 0 Å². The van der Waals surface area contributed by atoms with Crippen LogP contribution in [-0.2, 0) is 9.31 Å². The molecule has 0 radical (unpaired) electrons. The molecule has 0 unspecified atom stereocenters. The molecular formula is C9H16BIN2O2S. The molecule has 1 saturated heterocycles. The lowest BCUT2D eigenvalue weighted by Gasteiger charge is -2.32. The monoisotopic (exact) mass is 354 g/mol. The quantitative estimate of drug-likeness (QED) is 0.366. The van der Waals surface area contributed by atoms with E-state index in [0.29, 0.717) is 0 Å². The summed E-state index contributed by atoms with van der Waals surface area (Å²) in [5, 5.41) is 0. The van der Waals surface area contributed by atoms with Gasteiger partial charge in [-0.1, -0.05) is 0 Å². The standard InChI is InChI=1S/C9H16BIN2O2S/c1-8(2)9(3,4)15-10(14-8)7(5-12)6-13-16-11/h5-6H,12H2,1-4H3/b7-5+,13-6+. The van der Waals surface area contributed by atoms with Gasteiger partial charge in [0.25, 0.3) is 0 Å². The molecule has 1 aliphatic heterocycles. The predicted octanol–water partition coefficient (Wildman–Crippen LogP) is 2.53. The van der Waals surface area contributed by atoms with E-state index in [2.05, 4.69) is 25.6 Å². The van der Waals surface area contributed by atoms with Gasteiger partial charge < -0.3 is 15.0 Å². The van der Waals surface area contributed by atoms with E-state index in [9.17, 15) is 0 Å². The van der Waals surface area contributed by atoms with E-state index in [1.54, 1.807) is 6.21 Å². The molecule has 1 fully saturated rings. The Morgan fingerprint density at radius 2 is 1.81 bits per heavy atom. The Morgan fingerprint density at radius 1 is 1.31 bits per heavy atom. The smallest absolute Gasteiger partial charge is 0.405 e. The molecule has 7 heteroatoms. The van der Waals surface area contributed by atoms with Crippen molar-refractivity contribution in [1.29, 1.82) is 0 Å². The van der Waals surface area contributed by atoms with Crippen molar-refractivity contribution in [3.8, 4) is 0 Å². The highest BCUT2D eigenvalue weighted by molar-refractivity contribution is 14.2. The molecule has 1 aliphatic rings. The Kier molecular flexibility index (Phi) is 4.73. The molecule has 0 aromatic heterocycles. The minimum Gasteiger partial charge on any atom is -0.405 e. The van der Waals surface area contributed by atoms with Crippen LogP contribution in [0.25, 0.3) is 0 Å². The van der Waals surface area contributed by atoms with Gasteiger partial charge in [-0.3, -0.25) is 0 Å². The number of halogens is 1. The second-order valence-corrected chi connectivity index (χ2v) is 6.09. The third-order valence-electron chi connectivity index (χ3n) is 2.96. The van der Waals surface area contributed by atoms with Gasteiger partial charge in [-0.25, -0.2) is 4.40 Å². The molecule has 0 amide bonds. The zero-order valence-corrected chi connectivity index (χ0v) is 12.8. The van der Waals surface area contributed by atoms with Crippen molar-refractivity contribution in [2.45, 2.75) is 38.9 Å². The second-order valence-electron chi connectivity index (χ2n) is 4.56. The number of nitrogens with two attached hydrogens (primary N) is 1. The van der Waals surface area contributed by atoms with Gasteiger partial charge in [0, 0.05) is 42.0 Å². The van der Waals surface area contributed by atoms with E-state index >= 15 is 0 Å². The van der Waals surface area contributed by atoms with Crippen LogP contribution < -0.4 is 5.73 Å². The highest BCUT2D eigenvalue weighted by atomic mass is 127. The summed E-state index contributed by atoms with van der Waals surface area (Å²) in [5.74, 6) is 0. The number of rotatable bonds is 3. The van der Waals surface area contributed by atoms with Gasteiger partial charge in [-0.2, -0.15) is 0 Å². The van der Waals surface area contributed by atoms with Gasteiger partial charge in [-0.15, -0.1) is 0 Å². The van der Waals surface area contributed by atoms with Crippen molar-refractivity contribution in [2.75, 3.05) is 0 Å². The molecule has 1 rings (SSSR count). The molecule has 0 atom stereocenters. The summed E-state index contributed by atoms with van der Waals surface area (Å²) in [6, 6.07) is 0. The fraction of sp³-hybridized carbons (Fsp3) is 0.667. The fourth-order valence-electron chi connectivity index (χ4n) is 1.24. The molecule has 0 saturated carbocycles. The largest absolute Gasteiger partial charge is 0.497 e. The van der Waals surface area contributed by atoms with Gasteiger partial charge in [0.1, 0.15) is 0 Å². The molecule has 0 aromatic rings. The van der Waals surface area contributed by atoms with E-state index in [1.165, 1.54) is 15.3 Å². The average Bonchev–Trinajstić information content (AvgIpc) is 2.37. The van der Waals surface area contributed by atoms with Crippen LogP contribution in [0.15, 0.2) is 16.1 Å². The van der Waals surface area contributed by atoms with Gasteiger partial charge in [0.05, 0.1) is 11.2 Å². The SMILES string of the molecule is CC1(C)OB(C(=C/N)/C=N/SI)OC1(C)C. The van der Waals surface area contributed by atoms with Crippen LogP contribution in [0.5, 0.6) is 0 Å². The van der Waals surface area contributed by atoms with Crippen molar-refractivity contribution in [3.05, 3.63) is 11.7 Å². The van der Waals surface area contributed by atoms with E-state index in [4.69, 9.17) is 15.0 Å². The number of hydrogen-bond acceptors (Lipinski definition) is 5. The van der Waals surface area contributed by atoms with E-state index in [0.717, 1.165) is 5.47 Å². The average molecular weight is 354 g/mol. The lowest BCUT2D eigenvalue weighted by Crippen LogP contribution is -2.41. The first-order chi connectivity index (χ1) is 7.34. The summed E-state index contributed by atoms with van der Waals surface area (Å²) in [5.41, 5.74) is 5.58. The van der Waals surface area contributed by atoms with Gasteiger partial charge in [-0.05, 0) is 33.9 Å². The topological polar surface area (TPSA) is 56.8 Å². The maximum Gasteiger partial charge on any atom is 0.497 e. The zero-order chi connectivity index (χ0) is 12.4. The number of hydrogen-bond donors (Lipinski definition) is 1. The van der Waals surface area contributed by atoms with Crippen molar-refractivity contribution < 1.29 is 9.31 Å². The van der Waals surface area contributed by atoms with Gasteiger partial charge >= 0.3 is 7.12 Å². The minimum absolute atomic E-state index is 0.350. The molecule has 90 valence electrons. The van der Waals surface area contributed by atoms with E-state index in [-0.39, 0.29) is 11.2 Å². The summed E-state index contributed by atoms with van der Waals surface area (Å²) in [4.78, 5) is 0. The molecule has 1 heterocycles. The molecule has 0 bridgehead atoms. The molecule has 2 N–H and O–H groups in total. The van der Waals surface area contributed by atoms with Gasteiger partial charge in [0.2, 0.25) is 0 Å². The van der Waals surface area contributed by atoms with Crippen molar-refractivity contribution in [3.63, 3.8) is 0 Å². The first-order valence-corrected chi connectivity index (χ1v) is 8.24. The number of allylic oxidation sites excluding steroid dienone is 1. The predicted molar refractivity (Wildman–Crippen MR) is 78.5 cm³/mol. The Morgan fingerprint density at radius 3 is 2.19 bits per heavy atom. The van der Waals surface area contributed by atoms with Crippen LogP contribution in [-0.4, -0.2) is 24.5 Å². The zero-order valence-electron chi connectivity index (χ0n) is 9.86. The minimum atomic E-state index is -0.442. The van der Waals surface area contributed by atoms with Crippen LogP contribution in [0.3, 0.4) is 0 Å². The van der Waals surface area contributed by atoms with Crippen LogP contribution in [0.4, 0.5) is 0 Å². The van der Waals surface area contributed by atoms with Crippen LogP contribution in [0.1, 0.15) is 27.7 Å². The molecule has 0 aliphatic carbocycles. The summed E-state index contributed by atoms with van der Waals surface area (Å²) in [6.45, 7) is 8.02. The highest BCUT2D eigenvalue weighted by Crippen LogP contribution is 2.38. The normalized spacial score (nSPS) is 24.3. The Labute approximate surface area is 113 Å². The second kappa shape index (κ2) is 5.28. The Hall–Kier alpha value is 0.275. The lowest BCUT2D eigenvalue weighted by molar-refractivity contribution is 0.00578. The summed E-state index contributed by atoms with van der Waals surface area (Å²) >= 11 is 2.08. The molecule has 0 aromatic carbocycles. The van der Waals surface area contributed by atoms with Crippen LogP contribution in [0, 0.1) is 0 Å². The maximum absolute atomic E-state index is 5.84. The maximum atomic E-state index is 5.84. The summed E-state index contributed by atoms with van der Waals surface area (Å²) < 4.78 is 15.7. The lowest BCUT2D eigenvalue weighted by atomic mass is 9.79. The Bertz CT molecular complexity index is 305. The van der Waals surface area contributed by atoms with Crippen LogP contribution in [0.2, 0.25) is 0 Å². The van der Waals surface area contributed by atoms with E-state index in [1.807, 2.05) is 27.7 Å². The third kappa shape index (κ3) is 2.94. The fourth-order valence-corrected chi connectivity index (χ4v) is 1.75. The summed E-state index contributed by atoms with van der Waals surface area (Å²) in [6.07, 6.45) is 3.14. The highest BCUT2D eigenvalue weighted by Gasteiger charge is 2.52. The molecule has 16 heavy (non-hydrogen) atoms.